The van der Waals surface area contributed by atoms with Gasteiger partial charge < -0.3 is 19.7 Å². The molecule has 0 aliphatic carbocycles. The molecule has 2 N–H and O–H groups in total. The molecule has 0 saturated carbocycles. The van der Waals surface area contributed by atoms with Crippen LogP contribution in [0.25, 0.3) is 0 Å². The minimum atomic E-state index is -0.106. The Morgan fingerprint density at radius 2 is 2.12 bits per heavy atom. The molecular formula is C18H22ClN2O3S+. The molecule has 7 heteroatoms. The van der Waals surface area contributed by atoms with E-state index in [1.807, 2.05) is 18.2 Å². The lowest BCUT2D eigenvalue weighted by molar-refractivity contribution is -0.899. The number of carbonyl (C=O) groups is 1. The fourth-order valence-corrected chi connectivity index (χ4v) is 3.60. The molecule has 0 bridgehead atoms. The van der Waals surface area contributed by atoms with Gasteiger partial charge in [0, 0.05) is 6.07 Å². The first-order valence-corrected chi connectivity index (χ1v) is 8.95. The summed E-state index contributed by atoms with van der Waals surface area (Å²) in [6, 6.07) is 9.14. The molecular weight excluding hydrogens is 360 g/mol. The molecule has 2 aromatic rings. The van der Waals surface area contributed by atoms with Gasteiger partial charge in [0.15, 0.2) is 6.54 Å². The van der Waals surface area contributed by atoms with E-state index in [1.165, 1.54) is 11.3 Å². The minimum absolute atomic E-state index is 0.106. The number of methoxy groups -OCH3 is 2. The number of hydrogen-bond acceptors (Lipinski definition) is 4. The Morgan fingerprint density at radius 1 is 1.32 bits per heavy atom. The van der Waals surface area contributed by atoms with E-state index in [0.717, 1.165) is 14.1 Å². The van der Waals surface area contributed by atoms with Crippen LogP contribution in [0, 0.1) is 0 Å². The summed E-state index contributed by atoms with van der Waals surface area (Å²) in [7, 11) is 3.14. The summed E-state index contributed by atoms with van der Waals surface area (Å²) in [4.78, 5) is 14.7. The molecule has 0 radical (unpaired) electrons. The number of quaternary nitrogens is 1. The predicted molar refractivity (Wildman–Crippen MR) is 102 cm³/mol. The lowest BCUT2D eigenvalue weighted by atomic mass is 10.2. The standard InChI is InChI=1S/C18H21ClN2O3S/c1-4-9-21(11-14-6-8-17(19)25-14)12-18(22)20-15-10-13(23-2)5-7-16(15)24-3/h4-8,10H,1,9,11-12H2,2-3H3,(H,20,22)/p+1. The van der Waals surface area contributed by atoms with Gasteiger partial charge in [0.1, 0.15) is 18.0 Å². The van der Waals surface area contributed by atoms with Crippen LogP contribution in [0.1, 0.15) is 4.88 Å². The van der Waals surface area contributed by atoms with Crippen LogP contribution < -0.4 is 19.7 Å². The number of halogens is 1. The Bertz CT molecular complexity index is 733. The summed E-state index contributed by atoms with van der Waals surface area (Å²) < 4.78 is 11.2. The first kappa shape index (κ1) is 19.3. The Balaban J connectivity index is 2.04. The average Bonchev–Trinajstić information content (AvgIpc) is 2.99. The smallest absolute Gasteiger partial charge is 0.279 e. The van der Waals surface area contributed by atoms with Crippen molar-refractivity contribution in [2.24, 2.45) is 0 Å². The van der Waals surface area contributed by atoms with Gasteiger partial charge in [-0.05, 0) is 30.3 Å². The van der Waals surface area contributed by atoms with Gasteiger partial charge in [-0.25, -0.2) is 0 Å². The molecule has 0 saturated heterocycles. The van der Waals surface area contributed by atoms with E-state index in [4.69, 9.17) is 21.1 Å². The van der Waals surface area contributed by atoms with Crippen molar-refractivity contribution in [3.63, 3.8) is 0 Å². The molecule has 0 aliphatic rings. The molecule has 1 aromatic heterocycles. The maximum Gasteiger partial charge on any atom is 0.279 e. The third kappa shape index (κ3) is 5.77. The van der Waals surface area contributed by atoms with Crippen LogP contribution in [0.4, 0.5) is 5.69 Å². The monoisotopic (exact) mass is 381 g/mol. The molecule has 25 heavy (non-hydrogen) atoms. The van der Waals surface area contributed by atoms with Crippen molar-refractivity contribution in [2.45, 2.75) is 6.54 Å². The Kier molecular flexibility index (Phi) is 7.31. The van der Waals surface area contributed by atoms with Gasteiger partial charge in [-0.2, -0.15) is 0 Å². The van der Waals surface area contributed by atoms with Crippen LogP contribution in [0.5, 0.6) is 11.5 Å². The number of ether oxygens (including phenoxy) is 2. The fourth-order valence-electron chi connectivity index (χ4n) is 2.44. The van der Waals surface area contributed by atoms with Crippen molar-refractivity contribution in [1.82, 2.24) is 0 Å². The summed E-state index contributed by atoms with van der Waals surface area (Å²) in [5.41, 5.74) is 0.587. The molecule has 0 spiro atoms. The van der Waals surface area contributed by atoms with E-state index in [0.29, 0.717) is 36.8 Å². The molecule has 1 aromatic carbocycles. The van der Waals surface area contributed by atoms with Crippen molar-refractivity contribution < 1.29 is 19.2 Å². The van der Waals surface area contributed by atoms with Gasteiger partial charge in [-0.15, -0.1) is 11.3 Å². The van der Waals surface area contributed by atoms with Crippen LogP contribution >= 0.6 is 22.9 Å². The zero-order chi connectivity index (χ0) is 18.2. The van der Waals surface area contributed by atoms with E-state index < -0.39 is 0 Å². The van der Waals surface area contributed by atoms with Crippen molar-refractivity contribution in [2.75, 3.05) is 32.6 Å². The van der Waals surface area contributed by atoms with Crippen LogP contribution in [0.3, 0.4) is 0 Å². The highest BCUT2D eigenvalue weighted by molar-refractivity contribution is 7.16. The average molecular weight is 382 g/mol. The van der Waals surface area contributed by atoms with Gasteiger partial charge in [-0.1, -0.05) is 18.2 Å². The number of nitrogens with one attached hydrogen (secondary N) is 2. The van der Waals surface area contributed by atoms with Crippen molar-refractivity contribution >= 4 is 34.5 Å². The maximum absolute atomic E-state index is 12.5. The fraction of sp³-hybridized carbons (Fsp3) is 0.278. The molecule has 134 valence electrons. The Hall–Kier alpha value is -2.02. The van der Waals surface area contributed by atoms with Crippen LogP contribution in [0.2, 0.25) is 4.34 Å². The number of carbonyl (C=O) groups excluding carboxylic acids is 1. The van der Waals surface area contributed by atoms with Gasteiger partial charge in [0.25, 0.3) is 5.91 Å². The zero-order valence-corrected chi connectivity index (χ0v) is 15.9. The molecule has 5 nitrogen and oxygen atoms in total. The quantitative estimate of drug-likeness (QED) is 0.656. The third-order valence-electron chi connectivity index (χ3n) is 3.58. The highest BCUT2D eigenvalue weighted by Crippen LogP contribution is 2.28. The van der Waals surface area contributed by atoms with E-state index in [2.05, 4.69) is 11.9 Å². The van der Waals surface area contributed by atoms with Crippen molar-refractivity contribution in [3.8, 4) is 11.5 Å². The number of amides is 1. The molecule has 1 amide bonds. The van der Waals surface area contributed by atoms with E-state index in [-0.39, 0.29) is 5.91 Å². The largest absolute Gasteiger partial charge is 0.497 e. The highest BCUT2D eigenvalue weighted by atomic mass is 35.5. The minimum Gasteiger partial charge on any atom is -0.497 e. The summed E-state index contributed by atoms with van der Waals surface area (Å²) >= 11 is 7.51. The lowest BCUT2D eigenvalue weighted by Crippen LogP contribution is -3.11. The van der Waals surface area contributed by atoms with Gasteiger partial charge in [0.05, 0.1) is 35.7 Å². The summed E-state index contributed by atoms with van der Waals surface area (Å²) in [5, 5.41) is 2.89. The topological polar surface area (TPSA) is 52.0 Å². The number of rotatable bonds is 9. The second kappa shape index (κ2) is 9.46. The third-order valence-corrected chi connectivity index (χ3v) is 4.81. The maximum atomic E-state index is 12.5. The predicted octanol–water partition coefficient (Wildman–Crippen LogP) is 2.63. The number of hydrogen-bond donors (Lipinski definition) is 2. The van der Waals surface area contributed by atoms with Crippen molar-refractivity contribution in [3.05, 3.63) is 52.2 Å². The van der Waals surface area contributed by atoms with Crippen LogP contribution in [-0.2, 0) is 11.3 Å². The van der Waals surface area contributed by atoms with Crippen LogP contribution in [0.15, 0.2) is 43.0 Å². The summed E-state index contributed by atoms with van der Waals surface area (Å²) in [5.74, 6) is 1.13. The second-order valence-corrected chi connectivity index (χ2v) is 7.22. The van der Waals surface area contributed by atoms with Crippen molar-refractivity contribution in [1.29, 1.82) is 0 Å². The van der Waals surface area contributed by atoms with Crippen LogP contribution in [-0.4, -0.2) is 33.2 Å². The van der Waals surface area contributed by atoms with E-state index in [1.54, 1.807) is 32.4 Å². The van der Waals surface area contributed by atoms with Gasteiger partial charge >= 0.3 is 0 Å². The molecule has 1 atom stereocenters. The normalized spacial score (nSPS) is 11.6. The molecule has 1 unspecified atom stereocenters. The number of thiophene rings is 1. The Morgan fingerprint density at radius 3 is 2.72 bits per heavy atom. The van der Waals surface area contributed by atoms with E-state index >= 15 is 0 Å². The van der Waals surface area contributed by atoms with Gasteiger partial charge in [-0.3, -0.25) is 4.79 Å². The molecule has 1 heterocycles. The highest BCUT2D eigenvalue weighted by Gasteiger charge is 2.17. The Labute approximate surface area is 156 Å². The summed E-state index contributed by atoms with van der Waals surface area (Å²) in [6.07, 6.45) is 1.81. The molecule has 0 fully saturated rings. The number of anilines is 1. The molecule has 2 rings (SSSR count). The lowest BCUT2D eigenvalue weighted by Gasteiger charge is -2.17. The zero-order valence-electron chi connectivity index (χ0n) is 14.3. The first-order chi connectivity index (χ1) is 12.0. The SMILES string of the molecule is C=CC[NH+](CC(=O)Nc1cc(OC)ccc1OC)Cc1ccc(Cl)s1. The number of benzene rings is 1. The van der Waals surface area contributed by atoms with E-state index in [9.17, 15) is 4.79 Å². The molecule has 0 aliphatic heterocycles. The van der Waals surface area contributed by atoms with Gasteiger partial charge in [0.2, 0.25) is 0 Å². The first-order valence-electron chi connectivity index (χ1n) is 7.76. The second-order valence-electron chi connectivity index (χ2n) is 5.42. The summed E-state index contributed by atoms with van der Waals surface area (Å²) in [6.45, 7) is 5.48.